The zero-order valence-corrected chi connectivity index (χ0v) is 19.1. The Morgan fingerprint density at radius 2 is 1.83 bits per heavy atom. The van der Waals surface area contributed by atoms with Gasteiger partial charge in [0.05, 0.1) is 11.8 Å². The molecule has 5 rings (SSSR count). The number of hydrogen-bond donors (Lipinski definition) is 1. The molecule has 4 aromatic rings. The van der Waals surface area contributed by atoms with Gasteiger partial charge in [0.25, 0.3) is 5.91 Å². The highest BCUT2D eigenvalue weighted by Crippen LogP contribution is 2.30. The minimum atomic E-state index is -1.07. The third-order valence-corrected chi connectivity index (χ3v) is 6.35. The van der Waals surface area contributed by atoms with E-state index in [0.29, 0.717) is 22.5 Å². The minimum absolute atomic E-state index is 0.0399. The molecule has 180 valence electrons. The van der Waals surface area contributed by atoms with Gasteiger partial charge in [-0.3, -0.25) is 14.5 Å². The zero-order chi connectivity index (χ0) is 24.2. The van der Waals surface area contributed by atoms with Crippen molar-refractivity contribution < 1.29 is 18.4 Å². The second-order valence-corrected chi connectivity index (χ2v) is 8.74. The van der Waals surface area contributed by atoms with Gasteiger partial charge in [-0.2, -0.15) is 0 Å². The minimum Gasteiger partial charge on any atom is -0.467 e. The Bertz CT molecular complexity index is 1300. The van der Waals surface area contributed by atoms with E-state index in [-0.39, 0.29) is 18.5 Å². The maximum absolute atomic E-state index is 13.8. The predicted octanol–water partition coefficient (Wildman–Crippen LogP) is 4.39. The molecule has 35 heavy (non-hydrogen) atoms. The SMILES string of the molecule is O=C(NC1CCCCC1)C(c1ccco1)N(C(=O)Cn1nnc2ccccc21)c1ccc(F)cc1. The highest BCUT2D eigenvalue weighted by Gasteiger charge is 2.36. The van der Waals surface area contributed by atoms with Gasteiger partial charge in [0.15, 0.2) is 6.04 Å². The number of anilines is 1. The van der Waals surface area contributed by atoms with Crippen LogP contribution in [0.3, 0.4) is 0 Å². The van der Waals surface area contributed by atoms with Crippen LogP contribution in [-0.4, -0.2) is 32.9 Å². The van der Waals surface area contributed by atoms with Crippen LogP contribution in [0.2, 0.25) is 0 Å². The maximum Gasteiger partial charge on any atom is 0.251 e. The molecule has 1 saturated carbocycles. The molecule has 1 aliphatic carbocycles. The van der Waals surface area contributed by atoms with Crippen molar-refractivity contribution in [3.8, 4) is 0 Å². The maximum atomic E-state index is 13.8. The van der Waals surface area contributed by atoms with Crippen molar-refractivity contribution in [1.29, 1.82) is 0 Å². The molecule has 2 aromatic carbocycles. The van der Waals surface area contributed by atoms with Gasteiger partial charge in [0, 0.05) is 11.7 Å². The van der Waals surface area contributed by atoms with Gasteiger partial charge >= 0.3 is 0 Å². The highest BCUT2D eigenvalue weighted by atomic mass is 19.1. The lowest BCUT2D eigenvalue weighted by Gasteiger charge is -2.32. The number of fused-ring (bicyclic) bond motifs is 1. The number of carbonyl (C=O) groups excluding carboxylic acids is 2. The van der Waals surface area contributed by atoms with Crippen LogP contribution in [0, 0.1) is 5.82 Å². The van der Waals surface area contributed by atoms with E-state index in [9.17, 15) is 14.0 Å². The average molecular weight is 476 g/mol. The number of hydrogen-bond acceptors (Lipinski definition) is 5. The third kappa shape index (κ3) is 4.94. The van der Waals surface area contributed by atoms with Crippen LogP contribution >= 0.6 is 0 Å². The molecule has 1 atom stereocenters. The van der Waals surface area contributed by atoms with Crippen LogP contribution in [0.5, 0.6) is 0 Å². The molecule has 0 bridgehead atoms. The van der Waals surface area contributed by atoms with Crippen molar-refractivity contribution in [2.45, 2.75) is 50.7 Å². The fourth-order valence-corrected chi connectivity index (χ4v) is 4.62. The van der Waals surface area contributed by atoms with E-state index in [0.717, 1.165) is 32.1 Å². The van der Waals surface area contributed by atoms with E-state index < -0.39 is 17.8 Å². The first-order valence-electron chi connectivity index (χ1n) is 11.8. The Balaban J connectivity index is 1.52. The van der Waals surface area contributed by atoms with E-state index in [1.54, 1.807) is 12.1 Å². The van der Waals surface area contributed by atoms with Crippen LogP contribution < -0.4 is 10.2 Å². The molecule has 1 N–H and O–H groups in total. The van der Waals surface area contributed by atoms with Crippen molar-refractivity contribution in [2.24, 2.45) is 0 Å². The summed E-state index contributed by atoms with van der Waals surface area (Å²) in [6, 6.07) is 15.1. The largest absolute Gasteiger partial charge is 0.467 e. The Kier molecular flexibility index (Phi) is 6.56. The number of amides is 2. The van der Waals surface area contributed by atoms with Crippen molar-refractivity contribution in [3.05, 3.63) is 78.5 Å². The molecule has 2 amide bonds. The molecule has 8 nitrogen and oxygen atoms in total. The van der Waals surface area contributed by atoms with Gasteiger partial charge in [-0.25, -0.2) is 9.07 Å². The number of furan rings is 1. The van der Waals surface area contributed by atoms with Crippen molar-refractivity contribution in [2.75, 3.05) is 4.90 Å². The van der Waals surface area contributed by atoms with Gasteiger partial charge in [-0.15, -0.1) is 5.10 Å². The van der Waals surface area contributed by atoms with Gasteiger partial charge in [0.1, 0.15) is 23.6 Å². The molecule has 0 saturated heterocycles. The summed E-state index contributed by atoms with van der Waals surface area (Å²) in [7, 11) is 0. The molecule has 2 heterocycles. The van der Waals surface area contributed by atoms with Crippen molar-refractivity contribution in [3.63, 3.8) is 0 Å². The van der Waals surface area contributed by atoms with E-state index in [1.807, 2.05) is 24.3 Å². The molecule has 1 unspecified atom stereocenters. The number of halogens is 1. The molecule has 1 fully saturated rings. The Morgan fingerprint density at radius 1 is 1.06 bits per heavy atom. The number of aromatic nitrogens is 3. The van der Waals surface area contributed by atoms with E-state index in [1.165, 1.54) is 40.1 Å². The lowest BCUT2D eigenvalue weighted by Crippen LogP contribution is -2.48. The third-order valence-electron chi connectivity index (χ3n) is 6.35. The molecule has 2 aromatic heterocycles. The molecule has 0 spiro atoms. The van der Waals surface area contributed by atoms with Gasteiger partial charge in [-0.1, -0.05) is 36.6 Å². The van der Waals surface area contributed by atoms with Gasteiger partial charge < -0.3 is 9.73 Å². The average Bonchev–Trinajstić information content (AvgIpc) is 3.54. The summed E-state index contributed by atoms with van der Waals surface area (Å²) in [5.41, 5.74) is 1.73. The topological polar surface area (TPSA) is 93.3 Å². The summed E-state index contributed by atoms with van der Waals surface area (Å²) in [4.78, 5) is 28.8. The number of rotatable bonds is 7. The smallest absolute Gasteiger partial charge is 0.251 e. The van der Waals surface area contributed by atoms with E-state index >= 15 is 0 Å². The lowest BCUT2D eigenvalue weighted by molar-refractivity contribution is -0.128. The summed E-state index contributed by atoms with van der Waals surface area (Å²) in [6.45, 7) is -0.161. The fraction of sp³-hybridized carbons (Fsp3) is 0.308. The Hall–Kier alpha value is -4.01. The first-order valence-corrected chi connectivity index (χ1v) is 11.8. The van der Waals surface area contributed by atoms with Gasteiger partial charge in [-0.05, 0) is 61.4 Å². The molecule has 0 aliphatic heterocycles. The van der Waals surface area contributed by atoms with E-state index in [4.69, 9.17) is 4.42 Å². The second kappa shape index (κ2) is 10.1. The molecular formula is C26H26FN5O3. The van der Waals surface area contributed by atoms with E-state index in [2.05, 4.69) is 15.6 Å². The number of nitrogens with one attached hydrogen (secondary N) is 1. The Morgan fingerprint density at radius 3 is 2.57 bits per heavy atom. The second-order valence-electron chi connectivity index (χ2n) is 8.74. The Labute approximate surface area is 201 Å². The summed E-state index contributed by atoms with van der Waals surface area (Å²) >= 11 is 0. The van der Waals surface area contributed by atoms with Crippen LogP contribution in [0.1, 0.15) is 43.9 Å². The van der Waals surface area contributed by atoms with Crippen LogP contribution in [-0.2, 0) is 16.1 Å². The molecular weight excluding hydrogens is 449 g/mol. The molecule has 9 heteroatoms. The van der Waals surface area contributed by atoms with Crippen LogP contribution in [0.4, 0.5) is 10.1 Å². The number of nitrogens with zero attached hydrogens (tertiary/aromatic N) is 4. The standard InChI is InChI=1S/C26H26FN5O3/c27-18-12-14-20(15-13-18)32(24(33)17-31-22-10-5-4-9-21(22)29-30-31)25(23-11-6-16-35-23)26(34)28-19-7-2-1-3-8-19/h4-6,9-16,19,25H,1-3,7-8,17H2,(H,28,34). The molecule has 1 aliphatic rings. The van der Waals surface area contributed by atoms with Crippen LogP contribution in [0.15, 0.2) is 71.3 Å². The first kappa shape index (κ1) is 22.8. The predicted molar refractivity (Wildman–Crippen MR) is 128 cm³/mol. The quantitative estimate of drug-likeness (QED) is 0.428. The highest BCUT2D eigenvalue weighted by molar-refractivity contribution is 6.01. The fourth-order valence-electron chi connectivity index (χ4n) is 4.62. The number of benzene rings is 2. The van der Waals surface area contributed by atoms with Crippen LogP contribution in [0.25, 0.3) is 11.0 Å². The zero-order valence-electron chi connectivity index (χ0n) is 19.1. The van der Waals surface area contributed by atoms with Gasteiger partial charge in [0.2, 0.25) is 5.91 Å². The summed E-state index contributed by atoms with van der Waals surface area (Å²) in [6.07, 6.45) is 6.51. The summed E-state index contributed by atoms with van der Waals surface area (Å²) in [5.74, 6) is -0.871. The first-order chi connectivity index (χ1) is 17.1. The van der Waals surface area contributed by atoms with Crippen molar-refractivity contribution >= 4 is 28.5 Å². The number of carbonyl (C=O) groups is 2. The summed E-state index contributed by atoms with van der Waals surface area (Å²) < 4.78 is 20.9. The summed E-state index contributed by atoms with van der Waals surface area (Å²) in [5, 5.41) is 11.3. The lowest BCUT2D eigenvalue weighted by atomic mass is 9.95. The number of para-hydroxylation sites is 1. The monoisotopic (exact) mass is 475 g/mol. The molecule has 0 radical (unpaired) electrons. The normalized spacial score (nSPS) is 15.1. The van der Waals surface area contributed by atoms with Crippen molar-refractivity contribution in [1.82, 2.24) is 20.3 Å².